The Kier molecular flexibility index (Phi) is 7.03. The number of allylic oxidation sites excluding steroid dienone is 3. The molecule has 1 heterocycles. The minimum atomic E-state index is -1.23. The van der Waals surface area contributed by atoms with E-state index in [4.69, 9.17) is 15.9 Å². The fourth-order valence-electron chi connectivity index (χ4n) is 1.95. The maximum atomic E-state index is 11.3. The molecule has 1 aromatic heterocycles. The van der Waals surface area contributed by atoms with Crippen LogP contribution < -0.4 is 5.73 Å². The normalized spacial score (nSPS) is 13.5. The number of carboxylic acids is 3. The van der Waals surface area contributed by atoms with Gasteiger partial charge in [0.2, 0.25) is 0 Å². The first kappa shape index (κ1) is 20.4. The monoisotopic (exact) mass is 358 g/mol. The molecule has 8 nitrogen and oxygen atoms in total. The number of carboxylic acid groups (broad SMARTS) is 3. The lowest BCUT2D eigenvalue weighted by molar-refractivity contribution is -0.133. The molecule has 0 unspecified atom stereocenters. The molecular weight excluding hydrogens is 340 g/mol. The molecule has 8 heteroatoms. The van der Waals surface area contributed by atoms with Gasteiger partial charge in [-0.2, -0.15) is 0 Å². The van der Waals surface area contributed by atoms with E-state index in [9.17, 15) is 19.5 Å². The van der Waals surface area contributed by atoms with E-state index in [0.29, 0.717) is 0 Å². The number of aromatic nitrogens is 1. The molecule has 26 heavy (non-hydrogen) atoms. The molecule has 0 fully saturated rings. The number of pyridine rings is 1. The van der Waals surface area contributed by atoms with Crippen LogP contribution in [0.25, 0.3) is 5.57 Å². The van der Waals surface area contributed by atoms with Gasteiger partial charge >= 0.3 is 17.9 Å². The molecule has 0 atom stereocenters. The van der Waals surface area contributed by atoms with Crippen molar-refractivity contribution < 1.29 is 29.7 Å². The summed E-state index contributed by atoms with van der Waals surface area (Å²) in [6.07, 6.45) is 6.24. The van der Waals surface area contributed by atoms with Crippen molar-refractivity contribution >= 4 is 23.5 Å². The second-order valence-corrected chi connectivity index (χ2v) is 4.99. The first-order valence-corrected chi connectivity index (χ1v) is 7.39. The van der Waals surface area contributed by atoms with E-state index in [1.807, 2.05) is 0 Å². The molecular formula is C18H18N2O6. The molecule has 0 aromatic carbocycles. The zero-order valence-corrected chi connectivity index (χ0v) is 14.1. The molecule has 1 rings (SSSR count). The van der Waals surface area contributed by atoms with Crippen LogP contribution in [0.4, 0.5) is 0 Å². The quantitative estimate of drug-likeness (QED) is 0.427. The molecule has 5 N–H and O–H groups in total. The first-order chi connectivity index (χ1) is 12.2. The predicted octanol–water partition coefficient (Wildman–Crippen LogP) is 2.07. The van der Waals surface area contributed by atoms with Gasteiger partial charge in [-0.25, -0.2) is 14.4 Å². The lowest BCUT2D eigenvalue weighted by Gasteiger charge is -2.10. The Labute approximate surface area is 149 Å². The van der Waals surface area contributed by atoms with Crippen molar-refractivity contribution in [2.24, 2.45) is 5.73 Å². The van der Waals surface area contributed by atoms with Gasteiger partial charge in [0.15, 0.2) is 0 Å². The van der Waals surface area contributed by atoms with Crippen molar-refractivity contribution in [1.29, 1.82) is 0 Å². The number of rotatable bonds is 7. The smallest absolute Gasteiger partial charge is 0.335 e. The highest BCUT2D eigenvalue weighted by Crippen LogP contribution is 2.22. The summed E-state index contributed by atoms with van der Waals surface area (Å²) in [7, 11) is 0. The van der Waals surface area contributed by atoms with Gasteiger partial charge in [-0.15, -0.1) is 0 Å². The Balaban J connectivity index is 3.64. The number of hydrogen-bond donors (Lipinski definition) is 4. The van der Waals surface area contributed by atoms with E-state index in [2.05, 4.69) is 4.98 Å². The third-order valence-electron chi connectivity index (χ3n) is 3.32. The van der Waals surface area contributed by atoms with Gasteiger partial charge in [0.05, 0.1) is 22.4 Å². The van der Waals surface area contributed by atoms with Crippen molar-refractivity contribution in [3.8, 4) is 0 Å². The van der Waals surface area contributed by atoms with Crippen LogP contribution in [0.5, 0.6) is 0 Å². The standard InChI is InChI=1S/C18H18N2O6/c1-3-10(16(21)22)7-13(14(19)8-11(4-2)17(23)24)15-9-12(18(25)26)5-6-20-15/h3-9H,19H2,1-2H3,(H,21,22)(H,23,24)(H,25,26)/b10-3+,11-4+,13-7-,14-8+. The number of aromatic carboxylic acids is 1. The van der Waals surface area contributed by atoms with Gasteiger partial charge in [-0.05, 0) is 38.1 Å². The van der Waals surface area contributed by atoms with Gasteiger partial charge in [0.25, 0.3) is 0 Å². The average molecular weight is 358 g/mol. The van der Waals surface area contributed by atoms with Crippen LogP contribution in [0.3, 0.4) is 0 Å². The lowest BCUT2D eigenvalue weighted by Crippen LogP contribution is -2.09. The van der Waals surface area contributed by atoms with Gasteiger partial charge in [0, 0.05) is 17.5 Å². The summed E-state index contributed by atoms with van der Waals surface area (Å²) in [6.45, 7) is 3.02. The Morgan fingerprint density at radius 2 is 1.54 bits per heavy atom. The Hall–Kier alpha value is -3.68. The van der Waals surface area contributed by atoms with Crippen LogP contribution in [0.1, 0.15) is 29.9 Å². The lowest BCUT2D eigenvalue weighted by atomic mass is 10.0. The summed E-state index contributed by atoms with van der Waals surface area (Å²) < 4.78 is 0. The second kappa shape index (κ2) is 8.97. The molecule has 136 valence electrons. The topological polar surface area (TPSA) is 151 Å². The largest absolute Gasteiger partial charge is 0.478 e. The minimum absolute atomic E-state index is 0.0730. The molecule has 0 bridgehead atoms. The highest BCUT2D eigenvalue weighted by molar-refractivity contribution is 5.96. The predicted molar refractivity (Wildman–Crippen MR) is 94.2 cm³/mol. The number of hydrogen-bond acceptors (Lipinski definition) is 5. The van der Waals surface area contributed by atoms with Gasteiger partial charge < -0.3 is 21.1 Å². The summed E-state index contributed by atoms with van der Waals surface area (Å²) in [4.78, 5) is 37.6. The second-order valence-electron chi connectivity index (χ2n) is 4.99. The van der Waals surface area contributed by atoms with Crippen LogP contribution in [0.2, 0.25) is 0 Å². The maximum Gasteiger partial charge on any atom is 0.335 e. The molecule has 0 radical (unpaired) electrons. The van der Waals surface area contributed by atoms with E-state index in [0.717, 1.165) is 6.08 Å². The SMILES string of the molecule is C\C=C(/C=C(/C(N)=C\C(=C/C)C(=O)O)c1cc(C(=O)O)ccn1)C(=O)O. The highest BCUT2D eigenvalue weighted by Gasteiger charge is 2.15. The zero-order chi connectivity index (χ0) is 19.9. The van der Waals surface area contributed by atoms with Gasteiger partial charge in [0.1, 0.15) is 0 Å². The number of aliphatic carboxylic acids is 2. The van der Waals surface area contributed by atoms with Crippen molar-refractivity contribution in [2.45, 2.75) is 13.8 Å². The van der Waals surface area contributed by atoms with E-state index in [1.54, 1.807) is 0 Å². The highest BCUT2D eigenvalue weighted by atomic mass is 16.4. The summed E-state index contributed by atoms with van der Waals surface area (Å²) in [5.74, 6) is -3.64. The van der Waals surface area contributed by atoms with E-state index >= 15 is 0 Å². The summed E-state index contributed by atoms with van der Waals surface area (Å²) in [5.41, 5.74) is 5.79. The summed E-state index contributed by atoms with van der Waals surface area (Å²) in [5, 5.41) is 27.5. The zero-order valence-electron chi connectivity index (χ0n) is 14.1. The average Bonchev–Trinajstić information content (AvgIpc) is 2.59. The third-order valence-corrected chi connectivity index (χ3v) is 3.32. The Morgan fingerprint density at radius 3 is 2.00 bits per heavy atom. The van der Waals surface area contributed by atoms with Crippen LogP contribution >= 0.6 is 0 Å². The number of nitrogens with zero attached hydrogens (tertiary/aromatic N) is 1. The van der Waals surface area contributed by atoms with Crippen molar-refractivity contribution in [3.63, 3.8) is 0 Å². The number of carbonyl (C=O) groups is 3. The summed E-state index contributed by atoms with van der Waals surface area (Å²) in [6, 6.07) is 2.49. The fraction of sp³-hybridized carbons (Fsp3) is 0.111. The van der Waals surface area contributed by atoms with Crippen molar-refractivity contribution in [3.05, 3.63) is 70.7 Å². The van der Waals surface area contributed by atoms with Crippen LogP contribution in [0.15, 0.2) is 59.5 Å². The fourth-order valence-corrected chi connectivity index (χ4v) is 1.95. The molecule has 0 saturated heterocycles. The first-order valence-electron chi connectivity index (χ1n) is 7.39. The number of nitrogens with two attached hydrogens (primary N) is 1. The molecule has 0 amide bonds. The van der Waals surface area contributed by atoms with Gasteiger partial charge in [-0.1, -0.05) is 12.2 Å². The summed E-state index contributed by atoms with van der Waals surface area (Å²) >= 11 is 0. The minimum Gasteiger partial charge on any atom is -0.478 e. The van der Waals surface area contributed by atoms with Crippen LogP contribution in [-0.4, -0.2) is 38.2 Å². The molecule has 0 saturated carbocycles. The van der Waals surface area contributed by atoms with Crippen LogP contribution in [-0.2, 0) is 9.59 Å². The molecule has 0 spiro atoms. The van der Waals surface area contributed by atoms with E-state index in [-0.39, 0.29) is 33.7 Å². The van der Waals surface area contributed by atoms with Crippen molar-refractivity contribution in [1.82, 2.24) is 4.98 Å². The molecule has 0 aliphatic carbocycles. The molecule has 0 aliphatic heterocycles. The van der Waals surface area contributed by atoms with Gasteiger partial charge in [-0.3, -0.25) is 4.98 Å². The Morgan fingerprint density at radius 1 is 1.00 bits per heavy atom. The van der Waals surface area contributed by atoms with E-state index < -0.39 is 17.9 Å². The van der Waals surface area contributed by atoms with E-state index in [1.165, 1.54) is 50.4 Å². The molecule has 0 aliphatic rings. The molecule has 1 aromatic rings. The maximum absolute atomic E-state index is 11.3. The van der Waals surface area contributed by atoms with Crippen LogP contribution in [0, 0.1) is 0 Å². The van der Waals surface area contributed by atoms with Crippen molar-refractivity contribution in [2.75, 3.05) is 0 Å². The Bertz CT molecular complexity index is 862. The third kappa shape index (κ3) is 5.17.